The molecular formula is C15H29NO2. The van der Waals surface area contributed by atoms with Crippen molar-refractivity contribution in [2.75, 3.05) is 6.54 Å². The maximum Gasteiger partial charge on any atom is 0.152 e. The second-order valence-electron chi connectivity index (χ2n) is 5.30. The zero-order chi connectivity index (χ0) is 14.0. The summed E-state index contributed by atoms with van der Waals surface area (Å²) in [4.78, 5) is 22.7. The van der Waals surface area contributed by atoms with Gasteiger partial charge >= 0.3 is 0 Å². The molecule has 18 heavy (non-hydrogen) atoms. The summed E-state index contributed by atoms with van der Waals surface area (Å²) >= 11 is 0. The number of hydrogen-bond donors (Lipinski definition) is 1. The summed E-state index contributed by atoms with van der Waals surface area (Å²) in [5.74, 6) is 0.563. The summed E-state index contributed by atoms with van der Waals surface area (Å²) in [6.45, 7) is 8.54. The average molecular weight is 255 g/mol. The Hall–Kier alpha value is -0.700. The Morgan fingerprint density at radius 1 is 1.11 bits per heavy atom. The number of unbranched alkanes of at least 4 members (excludes halogenated alkanes) is 2. The van der Waals surface area contributed by atoms with Crippen LogP contribution in [0.2, 0.25) is 0 Å². The van der Waals surface area contributed by atoms with Crippen molar-refractivity contribution in [3.05, 3.63) is 0 Å². The van der Waals surface area contributed by atoms with Crippen molar-refractivity contribution in [3.8, 4) is 0 Å². The number of hydrogen-bond acceptors (Lipinski definition) is 3. The van der Waals surface area contributed by atoms with Gasteiger partial charge in [-0.05, 0) is 39.7 Å². The van der Waals surface area contributed by atoms with Gasteiger partial charge in [-0.25, -0.2) is 0 Å². The molecule has 0 aromatic carbocycles. The Balaban J connectivity index is 3.91. The van der Waals surface area contributed by atoms with Crippen LogP contribution in [0.4, 0.5) is 0 Å². The summed E-state index contributed by atoms with van der Waals surface area (Å²) in [5, 5.41) is 3.40. The first-order valence-corrected chi connectivity index (χ1v) is 7.24. The monoisotopic (exact) mass is 255 g/mol. The van der Waals surface area contributed by atoms with Crippen molar-refractivity contribution >= 4 is 11.6 Å². The molecule has 3 heteroatoms. The van der Waals surface area contributed by atoms with Crippen LogP contribution >= 0.6 is 0 Å². The molecule has 0 saturated carbocycles. The van der Waals surface area contributed by atoms with E-state index in [2.05, 4.69) is 12.2 Å². The van der Waals surface area contributed by atoms with Crippen molar-refractivity contribution in [2.24, 2.45) is 0 Å². The molecule has 0 aliphatic carbocycles. The van der Waals surface area contributed by atoms with Gasteiger partial charge in [0.25, 0.3) is 0 Å². The standard InChI is InChI=1S/C15H29NO2/c1-5-11-15(4,14(18)6-2)16-12-9-7-8-10-13(3)17/h16H,5-12H2,1-4H3. The predicted molar refractivity (Wildman–Crippen MR) is 75.8 cm³/mol. The Kier molecular flexibility index (Phi) is 8.90. The van der Waals surface area contributed by atoms with Crippen molar-refractivity contribution < 1.29 is 9.59 Å². The lowest BCUT2D eigenvalue weighted by atomic mass is 9.89. The first-order chi connectivity index (χ1) is 8.46. The average Bonchev–Trinajstić information content (AvgIpc) is 2.32. The molecule has 0 aliphatic rings. The fourth-order valence-electron chi connectivity index (χ4n) is 2.26. The molecule has 3 nitrogen and oxygen atoms in total. The largest absolute Gasteiger partial charge is 0.305 e. The van der Waals surface area contributed by atoms with Crippen LogP contribution < -0.4 is 5.32 Å². The molecular weight excluding hydrogens is 226 g/mol. The highest BCUT2D eigenvalue weighted by atomic mass is 16.1. The van der Waals surface area contributed by atoms with E-state index in [1.54, 1.807) is 6.92 Å². The quantitative estimate of drug-likeness (QED) is 0.576. The van der Waals surface area contributed by atoms with Crippen molar-refractivity contribution in [3.63, 3.8) is 0 Å². The molecule has 0 fully saturated rings. The number of rotatable bonds is 11. The second-order valence-corrected chi connectivity index (χ2v) is 5.30. The number of Topliss-reactive ketones (excluding diaryl/α,β-unsaturated/α-hetero) is 2. The smallest absolute Gasteiger partial charge is 0.152 e. The van der Waals surface area contributed by atoms with Crippen LogP contribution in [0, 0.1) is 0 Å². The highest BCUT2D eigenvalue weighted by molar-refractivity contribution is 5.87. The molecule has 1 unspecified atom stereocenters. The van der Waals surface area contributed by atoms with Crippen molar-refractivity contribution in [2.45, 2.75) is 78.2 Å². The van der Waals surface area contributed by atoms with Crippen LogP contribution in [-0.2, 0) is 9.59 Å². The Morgan fingerprint density at radius 3 is 2.28 bits per heavy atom. The van der Waals surface area contributed by atoms with Crippen LogP contribution in [0.15, 0.2) is 0 Å². The SMILES string of the molecule is CCCC(C)(NCCCCCC(C)=O)C(=O)CC. The van der Waals surface area contributed by atoms with Gasteiger partial charge in [0.15, 0.2) is 5.78 Å². The molecule has 0 saturated heterocycles. The third kappa shape index (κ3) is 6.90. The summed E-state index contributed by atoms with van der Waals surface area (Å²) in [5.41, 5.74) is -0.357. The lowest BCUT2D eigenvalue weighted by Crippen LogP contribution is -2.49. The van der Waals surface area contributed by atoms with Crippen molar-refractivity contribution in [1.29, 1.82) is 0 Å². The Labute approximate surface area is 112 Å². The maximum atomic E-state index is 11.9. The summed E-state index contributed by atoms with van der Waals surface area (Å²) in [7, 11) is 0. The fourth-order valence-corrected chi connectivity index (χ4v) is 2.26. The van der Waals surface area contributed by atoms with Gasteiger partial charge in [0.2, 0.25) is 0 Å². The summed E-state index contributed by atoms with van der Waals surface area (Å²) in [6.07, 6.45) is 6.22. The molecule has 0 amide bonds. The number of carbonyl (C=O) groups excluding carboxylic acids is 2. The minimum absolute atomic E-state index is 0.264. The van der Waals surface area contributed by atoms with Gasteiger partial charge in [-0.2, -0.15) is 0 Å². The molecule has 0 aromatic heterocycles. The number of ketones is 2. The van der Waals surface area contributed by atoms with Gasteiger partial charge in [0, 0.05) is 12.8 Å². The van der Waals surface area contributed by atoms with E-state index in [1.807, 2.05) is 13.8 Å². The molecule has 0 radical (unpaired) electrons. The molecule has 0 heterocycles. The first kappa shape index (κ1) is 17.3. The number of nitrogens with one attached hydrogen (secondary N) is 1. The molecule has 0 rings (SSSR count). The van der Waals surface area contributed by atoms with E-state index in [-0.39, 0.29) is 11.3 Å². The summed E-state index contributed by atoms with van der Waals surface area (Å²) in [6, 6.07) is 0. The van der Waals surface area contributed by atoms with Gasteiger partial charge in [-0.15, -0.1) is 0 Å². The van der Waals surface area contributed by atoms with Crippen molar-refractivity contribution in [1.82, 2.24) is 5.32 Å². The Bertz CT molecular complexity index is 263. The van der Waals surface area contributed by atoms with Crippen LogP contribution in [0.1, 0.15) is 72.6 Å². The van der Waals surface area contributed by atoms with Crippen LogP contribution in [-0.4, -0.2) is 23.7 Å². The molecule has 106 valence electrons. The van der Waals surface area contributed by atoms with E-state index >= 15 is 0 Å². The second kappa shape index (κ2) is 9.26. The summed E-state index contributed by atoms with van der Waals surface area (Å²) < 4.78 is 0. The predicted octanol–water partition coefficient (Wildman–Crippen LogP) is 3.26. The molecule has 0 aliphatic heterocycles. The van der Waals surface area contributed by atoms with Gasteiger partial charge in [0.05, 0.1) is 5.54 Å². The highest BCUT2D eigenvalue weighted by Gasteiger charge is 2.29. The van der Waals surface area contributed by atoms with Gasteiger partial charge in [0.1, 0.15) is 5.78 Å². The number of carbonyl (C=O) groups is 2. The molecule has 0 aromatic rings. The first-order valence-electron chi connectivity index (χ1n) is 7.24. The third-order valence-corrected chi connectivity index (χ3v) is 3.41. The lowest BCUT2D eigenvalue weighted by molar-refractivity contribution is -0.124. The molecule has 1 N–H and O–H groups in total. The van der Waals surface area contributed by atoms with E-state index in [9.17, 15) is 9.59 Å². The minimum atomic E-state index is -0.357. The minimum Gasteiger partial charge on any atom is -0.305 e. The van der Waals surface area contributed by atoms with Crippen LogP contribution in [0.5, 0.6) is 0 Å². The van der Waals surface area contributed by atoms with E-state index in [0.29, 0.717) is 18.6 Å². The van der Waals surface area contributed by atoms with Crippen LogP contribution in [0.25, 0.3) is 0 Å². The third-order valence-electron chi connectivity index (χ3n) is 3.41. The zero-order valence-electron chi connectivity index (χ0n) is 12.5. The fraction of sp³-hybridized carbons (Fsp3) is 0.867. The lowest BCUT2D eigenvalue weighted by Gasteiger charge is -2.29. The topological polar surface area (TPSA) is 46.2 Å². The van der Waals surface area contributed by atoms with Gasteiger partial charge < -0.3 is 10.1 Å². The Morgan fingerprint density at radius 2 is 1.78 bits per heavy atom. The van der Waals surface area contributed by atoms with E-state index in [4.69, 9.17) is 0 Å². The molecule has 1 atom stereocenters. The zero-order valence-corrected chi connectivity index (χ0v) is 12.5. The normalized spacial score (nSPS) is 14.2. The van der Waals surface area contributed by atoms with E-state index in [1.165, 1.54) is 0 Å². The maximum absolute atomic E-state index is 11.9. The van der Waals surface area contributed by atoms with E-state index in [0.717, 1.165) is 38.6 Å². The molecule has 0 spiro atoms. The highest BCUT2D eigenvalue weighted by Crippen LogP contribution is 2.15. The van der Waals surface area contributed by atoms with E-state index < -0.39 is 0 Å². The van der Waals surface area contributed by atoms with Gasteiger partial charge in [-0.3, -0.25) is 4.79 Å². The molecule has 0 bridgehead atoms. The van der Waals surface area contributed by atoms with Gasteiger partial charge in [-0.1, -0.05) is 26.7 Å². The van der Waals surface area contributed by atoms with Crippen LogP contribution in [0.3, 0.4) is 0 Å².